The topological polar surface area (TPSA) is 28.2 Å². The summed E-state index contributed by atoms with van der Waals surface area (Å²) in [5.41, 5.74) is 1.28. The molecule has 1 aromatic rings. The molecule has 1 unspecified atom stereocenters. The van der Waals surface area contributed by atoms with Crippen LogP contribution in [0.2, 0.25) is 0 Å². The lowest BCUT2D eigenvalue weighted by Crippen LogP contribution is -2.19. The Bertz CT molecular complexity index is 362. The number of hydrogen-bond donors (Lipinski definition) is 1. The van der Waals surface area contributed by atoms with Crippen LogP contribution in [0.25, 0.3) is 0 Å². The van der Waals surface area contributed by atoms with E-state index in [1.807, 2.05) is 18.4 Å². The van der Waals surface area contributed by atoms with Crippen molar-refractivity contribution in [1.82, 2.24) is 10.3 Å². The smallest absolute Gasteiger partial charge is 0.185 e. The van der Waals surface area contributed by atoms with Gasteiger partial charge in [-0.3, -0.25) is 0 Å². The molecule has 3 nitrogen and oxygen atoms in total. The molecule has 0 radical (unpaired) electrons. The molecule has 0 amide bonds. The first-order valence-corrected chi connectivity index (χ1v) is 7.48. The van der Waals surface area contributed by atoms with Gasteiger partial charge < -0.3 is 10.2 Å². The minimum absolute atomic E-state index is 0.872. The fraction of sp³-hybridized carbons (Fsp3) is 0.769. The van der Waals surface area contributed by atoms with E-state index in [1.165, 1.54) is 41.6 Å². The van der Waals surface area contributed by atoms with E-state index in [0.29, 0.717) is 0 Å². The van der Waals surface area contributed by atoms with Crippen LogP contribution in [0.1, 0.15) is 37.3 Å². The summed E-state index contributed by atoms with van der Waals surface area (Å²) in [6.45, 7) is 7.82. The van der Waals surface area contributed by atoms with Gasteiger partial charge in [-0.1, -0.05) is 20.3 Å². The van der Waals surface area contributed by atoms with E-state index in [9.17, 15) is 0 Å². The van der Waals surface area contributed by atoms with Gasteiger partial charge >= 0.3 is 0 Å². The third-order valence-electron chi connectivity index (χ3n) is 3.57. The van der Waals surface area contributed by atoms with Crippen molar-refractivity contribution in [2.75, 3.05) is 25.0 Å². The summed E-state index contributed by atoms with van der Waals surface area (Å²) in [7, 11) is 2.00. The number of rotatable bonds is 5. The summed E-state index contributed by atoms with van der Waals surface area (Å²) in [4.78, 5) is 8.68. The Kier molecular flexibility index (Phi) is 4.40. The minimum atomic E-state index is 0.872. The Labute approximate surface area is 108 Å². The SMILES string of the molecule is CCc1nc(N2CCC(CC)C2)sc1CNC. The largest absolute Gasteiger partial charge is 0.348 e. The van der Waals surface area contributed by atoms with Gasteiger partial charge in [0, 0.05) is 24.5 Å². The van der Waals surface area contributed by atoms with Crippen LogP contribution in [0.3, 0.4) is 0 Å². The highest BCUT2D eigenvalue weighted by atomic mass is 32.1. The molecule has 0 aliphatic carbocycles. The van der Waals surface area contributed by atoms with E-state index in [1.54, 1.807) is 0 Å². The molecule has 1 atom stereocenters. The van der Waals surface area contributed by atoms with E-state index in [2.05, 4.69) is 24.1 Å². The molecular formula is C13H23N3S. The normalized spacial score (nSPS) is 20.2. The second-order valence-corrected chi connectivity index (χ2v) is 5.82. The molecule has 2 rings (SSSR count). The molecule has 17 heavy (non-hydrogen) atoms. The second kappa shape index (κ2) is 5.83. The molecule has 0 bridgehead atoms. The highest BCUT2D eigenvalue weighted by molar-refractivity contribution is 7.15. The predicted octanol–water partition coefficient (Wildman–Crippen LogP) is 2.66. The number of nitrogens with zero attached hydrogens (tertiary/aromatic N) is 2. The molecular weight excluding hydrogens is 230 g/mol. The molecule has 1 aliphatic heterocycles. The minimum Gasteiger partial charge on any atom is -0.348 e. The molecule has 2 heterocycles. The van der Waals surface area contributed by atoms with E-state index in [4.69, 9.17) is 4.98 Å². The van der Waals surface area contributed by atoms with Crippen LogP contribution in [0.15, 0.2) is 0 Å². The van der Waals surface area contributed by atoms with Crippen LogP contribution in [-0.4, -0.2) is 25.1 Å². The van der Waals surface area contributed by atoms with Crippen LogP contribution >= 0.6 is 11.3 Å². The number of aromatic nitrogens is 1. The molecule has 96 valence electrons. The van der Waals surface area contributed by atoms with Gasteiger partial charge in [-0.25, -0.2) is 4.98 Å². The molecule has 1 aliphatic rings. The number of aryl methyl sites for hydroxylation is 1. The van der Waals surface area contributed by atoms with Crippen molar-refractivity contribution in [3.8, 4) is 0 Å². The van der Waals surface area contributed by atoms with Crippen molar-refractivity contribution in [2.24, 2.45) is 5.92 Å². The molecule has 4 heteroatoms. The fourth-order valence-corrected chi connectivity index (χ4v) is 3.61. The molecule has 1 fully saturated rings. The lowest BCUT2D eigenvalue weighted by atomic mass is 10.1. The van der Waals surface area contributed by atoms with Gasteiger partial charge in [0.05, 0.1) is 5.69 Å². The standard InChI is InChI=1S/C13H23N3S/c1-4-10-6-7-16(9-10)13-15-11(5-2)12(17-13)8-14-3/h10,14H,4-9H2,1-3H3. The van der Waals surface area contributed by atoms with E-state index in [0.717, 1.165) is 18.9 Å². The van der Waals surface area contributed by atoms with Crippen molar-refractivity contribution in [3.05, 3.63) is 10.6 Å². The van der Waals surface area contributed by atoms with Crippen LogP contribution in [0.5, 0.6) is 0 Å². The first-order chi connectivity index (χ1) is 8.28. The lowest BCUT2D eigenvalue weighted by Gasteiger charge is -2.14. The summed E-state index contributed by atoms with van der Waals surface area (Å²) < 4.78 is 0. The van der Waals surface area contributed by atoms with Crippen molar-refractivity contribution in [1.29, 1.82) is 0 Å². The van der Waals surface area contributed by atoms with E-state index < -0.39 is 0 Å². The third kappa shape index (κ3) is 2.80. The quantitative estimate of drug-likeness (QED) is 0.874. The van der Waals surface area contributed by atoms with Crippen molar-refractivity contribution in [2.45, 2.75) is 39.7 Å². The Morgan fingerprint density at radius 2 is 2.29 bits per heavy atom. The van der Waals surface area contributed by atoms with Gasteiger partial charge in [-0.2, -0.15) is 0 Å². The van der Waals surface area contributed by atoms with Gasteiger partial charge in [0.15, 0.2) is 5.13 Å². The first-order valence-electron chi connectivity index (χ1n) is 6.66. The maximum atomic E-state index is 4.80. The third-order valence-corrected chi connectivity index (χ3v) is 4.73. The second-order valence-electron chi connectivity index (χ2n) is 4.76. The Morgan fingerprint density at radius 1 is 1.47 bits per heavy atom. The van der Waals surface area contributed by atoms with Crippen LogP contribution in [0.4, 0.5) is 5.13 Å². The van der Waals surface area contributed by atoms with Crippen LogP contribution < -0.4 is 10.2 Å². The van der Waals surface area contributed by atoms with Crippen molar-refractivity contribution < 1.29 is 0 Å². The summed E-state index contributed by atoms with van der Waals surface area (Å²) >= 11 is 1.87. The zero-order valence-corrected chi connectivity index (χ0v) is 11.9. The van der Waals surface area contributed by atoms with Gasteiger partial charge in [0.25, 0.3) is 0 Å². The Balaban J connectivity index is 2.11. The maximum Gasteiger partial charge on any atom is 0.185 e. The van der Waals surface area contributed by atoms with Crippen molar-refractivity contribution >= 4 is 16.5 Å². The molecule has 1 N–H and O–H groups in total. The summed E-state index contributed by atoms with van der Waals surface area (Å²) in [5.74, 6) is 0.872. The number of anilines is 1. The van der Waals surface area contributed by atoms with E-state index in [-0.39, 0.29) is 0 Å². The monoisotopic (exact) mass is 253 g/mol. The van der Waals surface area contributed by atoms with Crippen molar-refractivity contribution in [3.63, 3.8) is 0 Å². The van der Waals surface area contributed by atoms with E-state index >= 15 is 0 Å². The summed E-state index contributed by atoms with van der Waals surface area (Å²) in [6, 6.07) is 0. The fourth-order valence-electron chi connectivity index (χ4n) is 2.42. The lowest BCUT2D eigenvalue weighted by molar-refractivity contribution is 0.569. The number of hydrogen-bond acceptors (Lipinski definition) is 4. The average Bonchev–Trinajstić information content (AvgIpc) is 2.94. The zero-order chi connectivity index (χ0) is 12.3. The highest BCUT2D eigenvalue weighted by Gasteiger charge is 2.24. The Hall–Kier alpha value is -0.610. The predicted molar refractivity (Wildman–Crippen MR) is 74.9 cm³/mol. The molecule has 0 saturated carbocycles. The molecule has 0 aromatic carbocycles. The average molecular weight is 253 g/mol. The van der Waals surface area contributed by atoms with Crippen LogP contribution in [-0.2, 0) is 13.0 Å². The molecule has 1 saturated heterocycles. The van der Waals surface area contributed by atoms with Gasteiger partial charge in [-0.05, 0) is 25.8 Å². The molecule has 0 spiro atoms. The zero-order valence-electron chi connectivity index (χ0n) is 11.1. The van der Waals surface area contributed by atoms with Gasteiger partial charge in [-0.15, -0.1) is 11.3 Å². The number of nitrogens with one attached hydrogen (secondary N) is 1. The molecule has 1 aromatic heterocycles. The highest BCUT2D eigenvalue weighted by Crippen LogP contribution is 2.31. The van der Waals surface area contributed by atoms with Gasteiger partial charge in [0.1, 0.15) is 0 Å². The number of thiazole rings is 1. The summed E-state index contributed by atoms with van der Waals surface area (Å²) in [5, 5.41) is 4.47. The first kappa shape index (κ1) is 12.8. The Morgan fingerprint density at radius 3 is 2.88 bits per heavy atom. The van der Waals surface area contributed by atoms with Crippen LogP contribution in [0, 0.1) is 5.92 Å². The summed E-state index contributed by atoms with van der Waals surface area (Å²) in [6.07, 6.45) is 3.67. The maximum absolute atomic E-state index is 4.80. The van der Waals surface area contributed by atoms with Gasteiger partial charge in [0.2, 0.25) is 0 Å².